The lowest BCUT2D eigenvalue weighted by Crippen LogP contribution is -2.12. The molecule has 1 aromatic rings. The van der Waals surface area contributed by atoms with Gasteiger partial charge in [0.2, 0.25) is 0 Å². The van der Waals surface area contributed by atoms with E-state index in [4.69, 9.17) is 10.8 Å². The van der Waals surface area contributed by atoms with Crippen molar-refractivity contribution in [2.75, 3.05) is 0 Å². The maximum atomic E-state index is 10.9. The van der Waals surface area contributed by atoms with Crippen LogP contribution in [-0.2, 0) is 0 Å². The van der Waals surface area contributed by atoms with Gasteiger partial charge in [0, 0.05) is 16.1 Å². The highest BCUT2D eigenvalue weighted by Gasteiger charge is 2.19. The van der Waals surface area contributed by atoms with E-state index in [0.29, 0.717) is 16.5 Å². The molecule has 0 spiro atoms. The Labute approximate surface area is 120 Å². The van der Waals surface area contributed by atoms with Gasteiger partial charge in [-0.3, -0.25) is 0 Å². The molecule has 0 amide bonds. The Bertz CT molecular complexity index is 477. The molecular formula is C12H15BrClNO3. The molecule has 0 aliphatic heterocycles. The van der Waals surface area contributed by atoms with Gasteiger partial charge in [-0.2, -0.15) is 0 Å². The van der Waals surface area contributed by atoms with Crippen LogP contribution in [0.25, 0.3) is 0 Å². The quantitative estimate of drug-likeness (QED) is 0.737. The molecule has 0 bridgehead atoms. The number of hydrogen-bond acceptors (Lipinski definition) is 3. The summed E-state index contributed by atoms with van der Waals surface area (Å²) in [6.45, 7) is 5.57. The van der Waals surface area contributed by atoms with E-state index in [9.17, 15) is 9.90 Å². The molecule has 0 saturated carbocycles. The number of rotatable bonds is 4. The predicted octanol–water partition coefficient (Wildman–Crippen LogP) is 3.24. The van der Waals surface area contributed by atoms with Crippen LogP contribution in [-0.4, -0.2) is 16.2 Å². The molecule has 100 valence electrons. The molecule has 0 aliphatic rings. The molecule has 0 heterocycles. The molecule has 1 rings (SSSR count). The van der Waals surface area contributed by atoms with Gasteiger partial charge >= 0.3 is 5.97 Å². The van der Waals surface area contributed by atoms with Crippen LogP contribution in [0.4, 0.5) is 0 Å². The molecule has 0 aromatic heterocycles. The second-order valence-electron chi connectivity index (χ2n) is 3.96. The van der Waals surface area contributed by atoms with Crippen molar-refractivity contribution in [3.63, 3.8) is 0 Å². The summed E-state index contributed by atoms with van der Waals surface area (Å²) in [6, 6.07) is 2.49. The van der Waals surface area contributed by atoms with Crippen LogP contribution in [0.15, 0.2) is 28.8 Å². The normalized spacial score (nSPS) is 11.5. The van der Waals surface area contributed by atoms with Crippen LogP contribution in [0.1, 0.15) is 35.3 Å². The summed E-state index contributed by atoms with van der Waals surface area (Å²) in [5.74, 6) is -1.47. The zero-order valence-electron chi connectivity index (χ0n) is 9.81. The highest BCUT2D eigenvalue weighted by atomic mass is 79.9. The lowest BCUT2D eigenvalue weighted by atomic mass is 9.98. The van der Waals surface area contributed by atoms with E-state index < -0.39 is 12.0 Å². The van der Waals surface area contributed by atoms with Gasteiger partial charge in [0.1, 0.15) is 11.3 Å². The fourth-order valence-corrected chi connectivity index (χ4v) is 2.03. The van der Waals surface area contributed by atoms with E-state index in [0.717, 1.165) is 5.57 Å². The minimum Gasteiger partial charge on any atom is -0.507 e. The van der Waals surface area contributed by atoms with Gasteiger partial charge in [-0.1, -0.05) is 21.5 Å². The van der Waals surface area contributed by atoms with Crippen molar-refractivity contribution >= 4 is 34.3 Å². The first-order valence-corrected chi connectivity index (χ1v) is 5.78. The highest BCUT2D eigenvalue weighted by molar-refractivity contribution is 9.10. The van der Waals surface area contributed by atoms with Gasteiger partial charge in [0.05, 0.1) is 0 Å². The first-order chi connectivity index (χ1) is 7.82. The number of carboxylic acids is 1. The van der Waals surface area contributed by atoms with Crippen LogP contribution in [0.5, 0.6) is 5.75 Å². The molecule has 1 aromatic carbocycles. The van der Waals surface area contributed by atoms with E-state index in [2.05, 4.69) is 22.5 Å². The van der Waals surface area contributed by atoms with Gasteiger partial charge in [-0.05, 0) is 25.5 Å². The lowest BCUT2D eigenvalue weighted by Gasteiger charge is -2.15. The number of carbonyl (C=O) groups is 1. The van der Waals surface area contributed by atoms with Crippen molar-refractivity contribution in [1.82, 2.24) is 0 Å². The third-order valence-corrected chi connectivity index (χ3v) is 2.76. The smallest absolute Gasteiger partial charge is 0.339 e. The summed E-state index contributed by atoms with van der Waals surface area (Å²) >= 11 is 3.20. The average Bonchev–Trinajstić information content (AvgIpc) is 2.19. The molecule has 6 heteroatoms. The van der Waals surface area contributed by atoms with E-state index in [1.807, 2.05) is 6.92 Å². The molecule has 0 unspecified atom stereocenters. The largest absolute Gasteiger partial charge is 0.507 e. The van der Waals surface area contributed by atoms with E-state index in [1.165, 1.54) is 6.07 Å². The Morgan fingerprint density at radius 2 is 2.11 bits per heavy atom. The molecule has 18 heavy (non-hydrogen) atoms. The number of phenols is 1. The molecule has 1 atom stereocenters. The SMILES string of the molecule is C=C(C)C[C@@H](N)c1cc(Br)cc(C(=O)O)c1O.Cl. The molecule has 4 N–H and O–H groups in total. The van der Waals surface area contributed by atoms with E-state index in [1.54, 1.807) is 6.07 Å². The second kappa shape index (κ2) is 6.78. The van der Waals surface area contributed by atoms with Gasteiger partial charge in [0.25, 0.3) is 0 Å². The van der Waals surface area contributed by atoms with Gasteiger partial charge in [-0.15, -0.1) is 19.0 Å². The van der Waals surface area contributed by atoms with Crippen molar-refractivity contribution in [2.24, 2.45) is 5.73 Å². The molecular weight excluding hydrogens is 321 g/mol. The van der Waals surface area contributed by atoms with Crippen molar-refractivity contribution in [1.29, 1.82) is 0 Å². The number of hydrogen-bond donors (Lipinski definition) is 3. The minimum absolute atomic E-state index is 0. The molecule has 4 nitrogen and oxygen atoms in total. The van der Waals surface area contributed by atoms with Crippen LogP contribution in [0, 0.1) is 0 Å². The number of carboxylic acid groups (broad SMARTS) is 1. The van der Waals surface area contributed by atoms with Crippen LogP contribution in [0.3, 0.4) is 0 Å². The standard InChI is InChI=1S/C12H14BrNO3.ClH/c1-6(2)3-10(14)8-4-7(13)5-9(11(8)15)12(16)17;/h4-5,10,15H,1,3,14H2,2H3,(H,16,17);1H/t10-;/m1./s1. The van der Waals surface area contributed by atoms with Crippen LogP contribution < -0.4 is 5.73 Å². The molecule has 0 fully saturated rings. The minimum atomic E-state index is -1.19. The summed E-state index contributed by atoms with van der Waals surface area (Å²) in [6.07, 6.45) is 0.489. The second-order valence-corrected chi connectivity index (χ2v) is 4.88. The Morgan fingerprint density at radius 3 is 2.56 bits per heavy atom. The average molecular weight is 337 g/mol. The van der Waals surface area contributed by atoms with Crippen molar-refractivity contribution in [2.45, 2.75) is 19.4 Å². The molecule has 0 saturated heterocycles. The Kier molecular flexibility index (Phi) is 6.38. The first kappa shape index (κ1) is 17.0. The zero-order chi connectivity index (χ0) is 13.2. The summed E-state index contributed by atoms with van der Waals surface area (Å²) in [7, 11) is 0. The number of aromatic hydroxyl groups is 1. The Balaban J connectivity index is 0.00000289. The Morgan fingerprint density at radius 1 is 1.56 bits per heavy atom. The van der Waals surface area contributed by atoms with Gasteiger partial charge in [0.15, 0.2) is 0 Å². The fourth-order valence-electron chi connectivity index (χ4n) is 1.55. The molecule has 0 radical (unpaired) electrons. The fraction of sp³-hybridized carbons (Fsp3) is 0.250. The molecule has 0 aliphatic carbocycles. The summed E-state index contributed by atoms with van der Waals surface area (Å²) < 4.78 is 0.569. The zero-order valence-corrected chi connectivity index (χ0v) is 12.2. The third-order valence-electron chi connectivity index (χ3n) is 2.30. The number of benzene rings is 1. The number of aromatic carboxylic acids is 1. The van der Waals surface area contributed by atoms with E-state index in [-0.39, 0.29) is 23.7 Å². The van der Waals surface area contributed by atoms with Gasteiger partial charge < -0.3 is 15.9 Å². The van der Waals surface area contributed by atoms with E-state index >= 15 is 0 Å². The van der Waals surface area contributed by atoms with Crippen molar-refractivity contribution in [3.05, 3.63) is 39.9 Å². The number of nitrogens with two attached hydrogens (primary N) is 1. The number of halogens is 2. The predicted molar refractivity (Wildman–Crippen MR) is 76.4 cm³/mol. The monoisotopic (exact) mass is 335 g/mol. The first-order valence-electron chi connectivity index (χ1n) is 4.98. The summed E-state index contributed by atoms with van der Waals surface area (Å²) in [5, 5.41) is 18.8. The van der Waals surface area contributed by atoms with Crippen LogP contribution in [0.2, 0.25) is 0 Å². The highest BCUT2D eigenvalue weighted by Crippen LogP contribution is 2.33. The van der Waals surface area contributed by atoms with Gasteiger partial charge in [-0.25, -0.2) is 4.79 Å². The third kappa shape index (κ3) is 4.01. The van der Waals surface area contributed by atoms with Crippen molar-refractivity contribution < 1.29 is 15.0 Å². The lowest BCUT2D eigenvalue weighted by molar-refractivity contribution is 0.0693. The maximum Gasteiger partial charge on any atom is 0.339 e. The summed E-state index contributed by atoms with van der Waals surface area (Å²) in [5.41, 5.74) is 7.01. The van der Waals surface area contributed by atoms with Crippen LogP contribution >= 0.6 is 28.3 Å². The Hall–Kier alpha value is -1.04. The maximum absolute atomic E-state index is 10.9. The van der Waals surface area contributed by atoms with Crippen molar-refractivity contribution in [3.8, 4) is 5.75 Å². The topological polar surface area (TPSA) is 83.6 Å². The summed E-state index contributed by atoms with van der Waals surface area (Å²) in [4.78, 5) is 10.9.